The molecule has 2 aromatic carbocycles. The van der Waals surface area contributed by atoms with E-state index in [0.717, 1.165) is 33.4 Å². The molecule has 24 heavy (non-hydrogen) atoms. The van der Waals surface area contributed by atoms with Crippen LogP contribution < -0.4 is 0 Å². The average molecular weight is 311 g/mol. The lowest BCUT2D eigenvalue weighted by atomic mass is 10.2. The van der Waals surface area contributed by atoms with Gasteiger partial charge in [-0.1, -0.05) is 42.5 Å². The van der Waals surface area contributed by atoms with Gasteiger partial charge >= 0.3 is 0 Å². The topological polar surface area (TPSA) is 48.5 Å². The molecular formula is C19H13N5. The second-order valence-corrected chi connectivity index (χ2v) is 5.60. The van der Waals surface area contributed by atoms with E-state index in [-0.39, 0.29) is 0 Å². The van der Waals surface area contributed by atoms with Gasteiger partial charge < -0.3 is 0 Å². The Balaban J connectivity index is 1.66. The molecule has 3 heterocycles. The zero-order valence-corrected chi connectivity index (χ0v) is 12.7. The molecule has 3 aromatic heterocycles. The fourth-order valence-corrected chi connectivity index (χ4v) is 2.89. The summed E-state index contributed by atoms with van der Waals surface area (Å²) >= 11 is 0. The Labute approximate surface area is 137 Å². The first-order valence-electron chi connectivity index (χ1n) is 7.73. The standard InChI is InChI=1S/C19H13N5/c1-3-8-16-15(7-1)13-23(22-16)18-10-5-11-19(21-18)24-17-9-4-2-6-14(17)12-20-24/h1-13H. The van der Waals surface area contributed by atoms with Crippen LogP contribution in [0.5, 0.6) is 0 Å². The molecule has 5 heteroatoms. The summed E-state index contributed by atoms with van der Waals surface area (Å²) in [5.41, 5.74) is 1.99. The van der Waals surface area contributed by atoms with Crippen molar-refractivity contribution in [1.29, 1.82) is 0 Å². The van der Waals surface area contributed by atoms with Crippen LogP contribution in [0.25, 0.3) is 33.4 Å². The number of hydrogen-bond acceptors (Lipinski definition) is 3. The lowest BCUT2D eigenvalue weighted by Gasteiger charge is -2.05. The fraction of sp³-hybridized carbons (Fsp3) is 0. The van der Waals surface area contributed by atoms with Crippen LogP contribution in [0.15, 0.2) is 79.1 Å². The molecule has 0 atom stereocenters. The molecule has 0 aliphatic heterocycles. The fourth-order valence-electron chi connectivity index (χ4n) is 2.89. The maximum absolute atomic E-state index is 4.73. The highest BCUT2D eigenvalue weighted by atomic mass is 15.3. The number of rotatable bonds is 2. The Morgan fingerprint density at radius 3 is 2.42 bits per heavy atom. The molecule has 0 fully saturated rings. The minimum absolute atomic E-state index is 0.767. The molecule has 0 unspecified atom stereocenters. The monoisotopic (exact) mass is 311 g/mol. The van der Waals surface area contributed by atoms with Crippen LogP contribution in [0.1, 0.15) is 0 Å². The van der Waals surface area contributed by atoms with Crippen LogP contribution in [-0.2, 0) is 0 Å². The van der Waals surface area contributed by atoms with E-state index in [1.165, 1.54) is 0 Å². The van der Waals surface area contributed by atoms with E-state index in [9.17, 15) is 0 Å². The number of hydrogen-bond donors (Lipinski definition) is 0. The lowest BCUT2D eigenvalue weighted by molar-refractivity contribution is 0.822. The molecule has 0 bridgehead atoms. The minimum Gasteiger partial charge on any atom is -0.221 e. The molecule has 0 radical (unpaired) electrons. The first kappa shape index (κ1) is 13.0. The molecule has 0 aliphatic rings. The van der Waals surface area contributed by atoms with Crippen LogP contribution in [0.3, 0.4) is 0 Å². The Morgan fingerprint density at radius 1 is 0.708 bits per heavy atom. The van der Waals surface area contributed by atoms with Crippen molar-refractivity contribution < 1.29 is 0 Å². The molecule has 5 rings (SSSR count). The molecular weight excluding hydrogens is 298 g/mol. The van der Waals surface area contributed by atoms with Gasteiger partial charge in [-0.05, 0) is 24.3 Å². The van der Waals surface area contributed by atoms with Crippen molar-refractivity contribution in [2.24, 2.45) is 0 Å². The average Bonchev–Trinajstić information content (AvgIpc) is 3.26. The number of fused-ring (bicyclic) bond motifs is 2. The largest absolute Gasteiger partial charge is 0.221 e. The Kier molecular flexibility index (Phi) is 2.72. The van der Waals surface area contributed by atoms with Crippen molar-refractivity contribution in [2.45, 2.75) is 0 Å². The van der Waals surface area contributed by atoms with E-state index >= 15 is 0 Å². The van der Waals surface area contributed by atoms with Gasteiger partial charge in [0.2, 0.25) is 0 Å². The van der Waals surface area contributed by atoms with Gasteiger partial charge in [0.15, 0.2) is 11.6 Å². The van der Waals surface area contributed by atoms with E-state index in [0.29, 0.717) is 0 Å². The number of para-hydroxylation sites is 1. The van der Waals surface area contributed by atoms with Gasteiger partial charge in [-0.15, -0.1) is 0 Å². The molecule has 0 N–H and O–H groups in total. The molecule has 114 valence electrons. The van der Waals surface area contributed by atoms with Crippen molar-refractivity contribution in [3.8, 4) is 11.6 Å². The zero-order chi connectivity index (χ0) is 15.9. The highest BCUT2D eigenvalue weighted by Gasteiger charge is 2.08. The molecule has 0 aliphatic carbocycles. The molecule has 5 aromatic rings. The predicted octanol–water partition coefficient (Wildman–Crippen LogP) is 3.76. The van der Waals surface area contributed by atoms with Crippen molar-refractivity contribution in [1.82, 2.24) is 24.5 Å². The van der Waals surface area contributed by atoms with Gasteiger partial charge in [-0.3, -0.25) is 0 Å². The summed E-state index contributed by atoms with van der Waals surface area (Å²) in [6.07, 6.45) is 3.84. The minimum atomic E-state index is 0.767. The van der Waals surface area contributed by atoms with Gasteiger partial charge in [0.1, 0.15) is 0 Å². The third-order valence-electron chi connectivity index (χ3n) is 4.06. The van der Waals surface area contributed by atoms with Crippen LogP contribution in [0, 0.1) is 0 Å². The number of aromatic nitrogens is 5. The van der Waals surface area contributed by atoms with E-state index in [1.807, 2.05) is 83.8 Å². The Morgan fingerprint density at radius 2 is 1.50 bits per heavy atom. The Bertz CT molecular complexity index is 1140. The van der Waals surface area contributed by atoms with E-state index in [1.54, 1.807) is 4.68 Å². The number of nitrogens with zero attached hydrogens (tertiary/aromatic N) is 5. The highest BCUT2D eigenvalue weighted by Crippen LogP contribution is 2.19. The molecule has 0 amide bonds. The van der Waals surface area contributed by atoms with E-state index in [2.05, 4.69) is 10.2 Å². The summed E-state index contributed by atoms with van der Waals surface area (Å²) in [6.45, 7) is 0. The third-order valence-corrected chi connectivity index (χ3v) is 4.06. The van der Waals surface area contributed by atoms with Crippen LogP contribution in [0.4, 0.5) is 0 Å². The van der Waals surface area contributed by atoms with Crippen molar-refractivity contribution in [2.75, 3.05) is 0 Å². The zero-order valence-electron chi connectivity index (χ0n) is 12.7. The quantitative estimate of drug-likeness (QED) is 0.499. The summed E-state index contributed by atoms with van der Waals surface area (Å²) < 4.78 is 3.65. The van der Waals surface area contributed by atoms with Crippen LogP contribution in [-0.4, -0.2) is 24.5 Å². The smallest absolute Gasteiger partial charge is 0.156 e. The molecule has 0 spiro atoms. The second-order valence-electron chi connectivity index (χ2n) is 5.60. The molecule has 0 saturated heterocycles. The van der Waals surface area contributed by atoms with E-state index in [4.69, 9.17) is 4.98 Å². The highest BCUT2D eigenvalue weighted by molar-refractivity contribution is 5.80. The van der Waals surface area contributed by atoms with Crippen molar-refractivity contribution in [3.05, 3.63) is 79.1 Å². The predicted molar refractivity (Wildman–Crippen MR) is 93.5 cm³/mol. The summed E-state index contributed by atoms with van der Waals surface area (Å²) in [7, 11) is 0. The van der Waals surface area contributed by atoms with Crippen molar-refractivity contribution >= 4 is 21.8 Å². The van der Waals surface area contributed by atoms with Gasteiger partial charge in [-0.2, -0.15) is 10.2 Å². The van der Waals surface area contributed by atoms with Gasteiger partial charge in [-0.25, -0.2) is 14.3 Å². The Hall–Kier alpha value is -3.47. The first-order chi connectivity index (χ1) is 11.9. The first-order valence-corrected chi connectivity index (χ1v) is 7.73. The summed E-state index contributed by atoms with van der Waals surface area (Å²) in [6, 6.07) is 22.0. The number of benzene rings is 2. The summed E-state index contributed by atoms with van der Waals surface area (Å²) in [5, 5.41) is 11.2. The SMILES string of the molecule is c1cc(-n2cc3ccccc3n2)nc(-n2ncc3ccccc32)c1. The maximum atomic E-state index is 4.73. The second kappa shape index (κ2) is 5.03. The third kappa shape index (κ3) is 1.99. The molecule has 5 nitrogen and oxygen atoms in total. The molecule has 0 saturated carbocycles. The van der Waals surface area contributed by atoms with Gasteiger partial charge in [0.25, 0.3) is 0 Å². The van der Waals surface area contributed by atoms with Crippen molar-refractivity contribution in [3.63, 3.8) is 0 Å². The number of pyridine rings is 1. The summed E-state index contributed by atoms with van der Waals surface area (Å²) in [5.74, 6) is 1.54. The van der Waals surface area contributed by atoms with Gasteiger partial charge in [0.05, 0.1) is 17.2 Å². The summed E-state index contributed by atoms with van der Waals surface area (Å²) in [4.78, 5) is 4.73. The lowest BCUT2D eigenvalue weighted by Crippen LogP contribution is -2.04. The van der Waals surface area contributed by atoms with Crippen LogP contribution >= 0.6 is 0 Å². The maximum Gasteiger partial charge on any atom is 0.156 e. The van der Waals surface area contributed by atoms with Crippen LogP contribution in [0.2, 0.25) is 0 Å². The normalized spacial score (nSPS) is 11.3. The van der Waals surface area contributed by atoms with Gasteiger partial charge in [0, 0.05) is 17.0 Å². The van der Waals surface area contributed by atoms with E-state index < -0.39 is 0 Å².